The van der Waals surface area contributed by atoms with Crippen LogP contribution in [0.1, 0.15) is 25.0 Å². The highest BCUT2D eigenvalue weighted by Crippen LogP contribution is 2.41. The largest absolute Gasteiger partial charge is 0.424 e. The number of aliphatic imine (C=N–C) groups is 1. The number of aromatic nitrogens is 1. The molecule has 3 N–H and O–H groups in total. The summed E-state index contributed by atoms with van der Waals surface area (Å²) in [6, 6.07) is 3.58. The van der Waals surface area contributed by atoms with Gasteiger partial charge in [0.2, 0.25) is 11.5 Å². The standard InChI is InChI=1S/C20H16ClF7N4O3/c1-17(8-34-18(2,15(29)32-17)20(26,27)28)11-6-10(3-4-13(11)22)31-16(33)35-14-12(21)5-9(7-30-14)19(23,24)25/h3-7H,8H2,1-2H3,(H2,29,32)(H,31,33). The van der Waals surface area contributed by atoms with Crippen molar-refractivity contribution >= 4 is 29.2 Å². The fourth-order valence-electron chi connectivity index (χ4n) is 3.03. The lowest BCUT2D eigenvalue weighted by atomic mass is 9.89. The number of nitrogens with one attached hydrogen (secondary N) is 1. The second-order valence-electron chi connectivity index (χ2n) is 7.81. The fraction of sp³-hybridized carbons (Fsp3) is 0.350. The highest BCUT2D eigenvalue weighted by Gasteiger charge is 2.59. The second-order valence-corrected chi connectivity index (χ2v) is 8.22. The van der Waals surface area contributed by atoms with Crippen molar-refractivity contribution in [2.75, 3.05) is 11.9 Å². The van der Waals surface area contributed by atoms with Gasteiger partial charge in [0.15, 0.2) is 0 Å². The zero-order valence-corrected chi connectivity index (χ0v) is 18.6. The Kier molecular flexibility index (Phi) is 6.67. The molecular formula is C20H16ClF7N4O3. The van der Waals surface area contributed by atoms with Gasteiger partial charge >= 0.3 is 18.4 Å². The monoisotopic (exact) mass is 528 g/mol. The summed E-state index contributed by atoms with van der Waals surface area (Å²) >= 11 is 5.68. The number of nitrogens with zero attached hydrogens (tertiary/aromatic N) is 2. The molecule has 2 aromatic rings. The number of alkyl halides is 6. The molecule has 0 saturated heterocycles. The van der Waals surface area contributed by atoms with Crippen LogP contribution >= 0.6 is 11.6 Å². The molecule has 7 nitrogen and oxygen atoms in total. The van der Waals surface area contributed by atoms with Crippen LogP contribution in [-0.4, -0.2) is 35.3 Å². The van der Waals surface area contributed by atoms with E-state index >= 15 is 0 Å². The number of rotatable bonds is 3. The van der Waals surface area contributed by atoms with Crippen molar-refractivity contribution in [2.45, 2.75) is 37.3 Å². The molecule has 1 aromatic heterocycles. The maximum Gasteiger partial charge on any atom is 0.424 e. The first-order valence-corrected chi connectivity index (χ1v) is 9.92. The summed E-state index contributed by atoms with van der Waals surface area (Å²) in [5.74, 6) is -2.43. The Bertz CT molecular complexity index is 1190. The van der Waals surface area contributed by atoms with Crippen LogP contribution in [0.5, 0.6) is 5.88 Å². The van der Waals surface area contributed by atoms with Crippen molar-refractivity contribution in [1.29, 1.82) is 0 Å². The van der Waals surface area contributed by atoms with Gasteiger partial charge in [0, 0.05) is 17.4 Å². The molecule has 0 saturated carbocycles. The lowest BCUT2D eigenvalue weighted by Crippen LogP contribution is -2.60. The summed E-state index contributed by atoms with van der Waals surface area (Å²) in [5, 5.41) is 1.59. The summed E-state index contributed by atoms with van der Waals surface area (Å²) in [6.45, 7) is 1.28. The first kappa shape index (κ1) is 26.5. The predicted octanol–water partition coefficient (Wildman–Crippen LogP) is 5.43. The number of hydrogen-bond acceptors (Lipinski definition) is 6. The molecule has 35 heavy (non-hydrogen) atoms. The average molecular weight is 529 g/mol. The van der Waals surface area contributed by atoms with E-state index in [0.29, 0.717) is 19.2 Å². The van der Waals surface area contributed by atoms with Crippen molar-refractivity contribution in [2.24, 2.45) is 10.7 Å². The van der Waals surface area contributed by atoms with E-state index < -0.39 is 64.3 Å². The van der Waals surface area contributed by atoms with E-state index in [1.54, 1.807) is 0 Å². The number of pyridine rings is 1. The van der Waals surface area contributed by atoms with Gasteiger partial charge in [0.05, 0.1) is 12.2 Å². The Morgan fingerprint density at radius 1 is 1.20 bits per heavy atom. The van der Waals surface area contributed by atoms with E-state index in [9.17, 15) is 35.5 Å². The third kappa shape index (κ3) is 5.27. The average Bonchev–Trinajstić information content (AvgIpc) is 2.72. The van der Waals surface area contributed by atoms with Gasteiger partial charge in [-0.25, -0.2) is 14.2 Å². The fourth-order valence-corrected chi connectivity index (χ4v) is 3.24. The number of halogens is 8. The van der Waals surface area contributed by atoms with Gasteiger partial charge in [-0.2, -0.15) is 26.3 Å². The minimum absolute atomic E-state index is 0.0893. The van der Waals surface area contributed by atoms with Crippen molar-refractivity contribution < 1.29 is 45.0 Å². The molecule has 2 heterocycles. The maximum absolute atomic E-state index is 14.6. The van der Waals surface area contributed by atoms with Crippen LogP contribution in [0.25, 0.3) is 0 Å². The molecule has 1 aliphatic rings. The van der Waals surface area contributed by atoms with Gasteiger partial charge in [0.1, 0.15) is 22.2 Å². The number of amidine groups is 1. The Balaban J connectivity index is 1.82. The summed E-state index contributed by atoms with van der Waals surface area (Å²) in [4.78, 5) is 19.4. The van der Waals surface area contributed by atoms with Gasteiger partial charge in [-0.3, -0.25) is 10.3 Å². The van der Waals surface area contributed by atoms with E-state index in [2.05, 4.69) is 15.3 Å². The third-order valence-corrected chi connectivity index (χ3v) is 5.43. The molecule has 3 rings (SSSR count). The number of hydrogen-bond donors (Lipinski definition) is 2. The van der Waals surface area contributed by atoms with Crippen LogP contribution in [0, 0.1) is 5.82 Å². The third-order valence-electron chi connectivity index (χ3n) is 5.16. The Morgan fingerprint density at radius 2 is 1.86 bits per heavy atom. The van der Waals surface area contributed by atoms with Gasteiger partial charge < -0.3 is 15.2 Å². The Hall–Kier alpha value is -3.13. The first-order chi connectivity index (χ1) is 16.0. The maximum atomic E-state index is 14.6. The predicted molar refractivity (Wildman–Crippen MR) is 110 cm³/mol. The van der Waals surface area contributed by atoms with Crippen LogP contribution < -0.4 is 15.8 Å². The normalized spacial score (nSPS) is 23.0. The van der Waals surface area contributed by atoms with Crippen LogP contribution in [0.3, 0.4) is 0 Å². The SMILES string of the molecule is CC1(c2cc(NC(=O)Oc3ncc(C(F)(F)F)cc3Cl)ccc2F)COC(C)(C(F)(F)F)C(N)=N1. The van der Waals surface area contributed by atoms with Gasteiger partial charge in [-0.1, -0.05) is 11.6 Å². The number of nitrogens with two attached hydrogens (primary N) is 1. The van der Waals surface area contributed by atoms with E-state index in [-0.39, 0.29) is 11.3 Å². The Labute approximate surface area is 198 Å². The highest BCUT2D eigenvalue weighted by molar-refractivity contribution is 6.32. The summed E-state index contributed by atoms with van der Waals surface area (Å²) in [5.41, 5.74) is -0.534. The number of carbonyl (C=O) groups is 1. The molecule has 1 aliphatic heterocycles. The first-order valence-electron chi connectivity index (χ1n) is 9.54. The van der Waals surface area contributed by atoms with Gasteiger partial charge in [-0.15, -0.1) is 0 Å². The smallest absolute Gasteiger partial charge is 0.389 e. The number of anilines is 1. The molecule has 190 valence electrons. The molecule has 2 atom stereocenters. The van der Waals surface area contributed by atoms with E-state index in [0.717, 1.165) is 18.2 Å². The number of benzene rings is 1. The molecule has 0 fully saturated rings. The molecule has 0 aliphatic carbocycles. The molecule has 1 amide bonds. The lowest BCUT2D eigenvalue weighted by Gasteiger charge is -2.41. The van der Waals surface area contributed by atoms with Crippen molar-refractivity contribution in [3.8, 4) is 5.88 Å². The topological polar surface area (TPSA) is 98.8 Å². The number of ether oxygens (including phenoxy) is 2. The molecule has 2 unspecified atom stereocenters. The summed E-state index contributed by atoms with van der Waals surface area (Å²) in [6.07, 6.45) is -10.4. The van der Waals surface area contributed by atoms with Gasteiger partial charge in [-0.05, 0) is 38.1 Å². The minimum atomic E-state index is -4.87. The molecule has 0 spiro atoms. The molecule has 0 radical (unpaired) electrons. The van der Waals surface area contributed by atoms with Gasteiger partial charge in [0.25, 0.3) is 0 Å². The van der Waals surface area contributed by atoms with E-state index in [1.807, 2.05) is 0 Å². The van der Waals surface area contributed by atoms with E-state index in [1.165, 1.54) is 6.92 Å². The second kappa shape index (κ2) is 8.82. The number of amides is 1. The molecular weight excluding hydrogens is 513 g/mol. The summed E-state index contributed by atoms with van der Waals surface area (Å²) in [7, 11) is 0. The van der Waals surface area contributed by atoms with Crippen molar-refractivity contribution in [3.63, 3.8) is 0 Å². The van der Waals surface area contributed by atoms with Crippen molar-refractivity contribution in [1.82, 2.24) is 4.98 Å². The highest BCUT2D eigenvalue weighted by atomic mass is 35.5. The van der Waals surface area contributed by atoms with Crippen LogP contribution in [0.4, 0.5) is 41.2 Å². The molecule has 0 bridgehead atoms. The molecule has 1 aromatic carbocycles. The lowest BCUT2D eigenvalue weighted by molar-refractivity contribution is -0.249. The minimum Gasteiger partial charge on any atom is -0.389 e. The van der Waals surface area contributed by atoms with E-state index in [4.69, 9.17) is 26.8 Å². The summed E-state index contributed by atoms with van der Waals surface area (Å²) < 4.78 is 102. The molecule has 15 heteroatoms. The quantitative estimate of drug-likeness (QED) is 0.518. The zero-order valence-electron chi connectivity index (χ0n) is 17.8. The Morgan fingerprint density at radius 3 is 2.40 bits per heavy atom. The van der Waals surface area contributed by atoms with Crippen molar-refractivity contribution in [3.05, 3.63) is 52.4 Å². The van der Waals surface area contributed by atoms with Crippen LogP contribution in [-0.2, 0) is 16.5 Å². The zero-order chi connectivity index (χ0) is 26.4. The van der Waals surface area contributed by atoms with Crippen LogP contribution in [0.2, 0.25) is 5.02 Å². The van der Waals surface area contributed by atoms with Crippen LogP contribution in [0.15, 0.2) is 35.5 Å². The number of carbonyl (C=O) groups excluding carboxylic acids is 1.